The number of allylic oxidation sites excluding steroid dienone is 2. The molecule has 0 bridgehead atoms. The highest BCUT2D eigenvalue weighted by molar-refractivity contribution is 5.80. The SMILES string of the molecule is CC(C)C=CC1CCC(=O)C1. The molecule has 0 saturated heterocycles. The second kappa shape index (κ2) is 3.70. The highest BCUT2D eigenvalue weighted by Gasteiger charge is 2.18. The van der Waals surface area contributed by atoms with E-state index in [0.29, 0.717) is 17.6 Å². The highest BCUT2D eigenvalue weighted by atomic mass is 16.1. The van der Waals surface area contributed by atoms with Gasteiger partial charge in [-0.25, -0.2) is 0 Å². The Morgan fingerprint density at radius 2 is 2.27 bits per heavy atom. The Hall–Kier alpha value is -0.590. The smallest absolute Gasteiger partial charge is 0.133 e. The fourth-order valence-corrected chi connectivity index (χ4v) is 1.39. The first kappa shape index (κ1) is 8.51. The van der Waals surface area contributed by atoms with Crippen molar-refractivity contribution in [3.8, 4) is 0 Å². The van der Waals surface area contributed by atoms with Gasteiger partial charge in [0.2, 0.25) is 0 Å². The summed E-state index contributed by atoms with van der Waals surface area (Å²) in [6.45, 7) is 4.32. The molecule has 1 nitrogen and oxygen atoms in total. The van der Waals surface area contributed by atoms with E-state index in [-0.39, 0.29) is 0 Å². The molecule has 0 spiro atoms. The van der Waals surface area contributed by atoms with E-state index in [1.807, 2.05) is 0 Å². The second-order valence-electron chi connectivity index (χ2n) is 3.67. The molecule has 0 radical (unpaired) electrons. The average molecular weight is 152 g/mol. The predicted octanol–water partition coefficient (Wildman–Crippen LogP) is 2.57. The molecule has 11 heavy (non-hydrogen) atoms. The van der Waals surface area contributed by atoms with Crippen molar-refractivity contribution in [2.45, 2.75) is 33.1 Å². The summed E-state index contributed by atoms with van der Waals surface area (Å²) < 4.78 is 0. The number of Topliss-reactive ketones (excluding diaryl/α,β-unsaturated/α-hetero) is 1. The minimum Gasteiger partial charge on any atom is -0.300 e. The normalized spacial score (nSPS) is 25.7. The van der Waals surface area contributed by atoms with Gasteiger partial charge in [0.15, 0.2) is 0 Å². The first-order chi connectivity index (χ1) is 5.18. The van der Waals surface area contributed by atoms with Gasteiger partial charge in [-0.2, -0.15) is 0 Å². The minimum absolute atomic E-state index is 0.434. The van der Waals surface area contributed by atoms with Crippen molar-refractivity contribution in [3.63, 3.8) is 0 Å². The van der Waals surface area contributed by atoms with Crippen LogP contribution in [0.25, 0.3) is 0 Å². The Bertz CT molecular complexity index is 168. The van der Waals surface area contributed by atoms with Crippen molar-refractivity contribution in [2.75, 3.05) is 0 Å². The topological polar surface area (TPSA) is 17.1 Å². The minimum atomic E-state index is 0.434. The molecule has 1 unspecified atom stereocenters. The molecule has 1 atom stereocenters. The third-order valence-corrected chi connectivity index (χ3v) is 2.05. The van der Waals surface area contributed by atoms with E-state index in [9.17, 15) is 4.79 Å². The lowest BCUT2D eigenvalue weighted by molar-refractivity contribution is -0.117. The van der Waals surface area contributed by atoms with E-state index in [1.165, 1.54) is 0 Å². The molecule has 0 heterocycles. The van der Waals surface area contributed by atoms with Crippen LogP contribution in [0.15, 0.2) is 12.2 Å². The molecule has 1 rings (SSSR count). The number of carbonyl (C=O) groups is 1. The molecule has 0 N–H and O–H groups in total. The quantitative estimate of drug-likeness (QED) is 0.556. The van der Waals surface area contributed by atoms with Gasteiger partial charge in [0.25, 0.3) is 0 Å². The van der Waals surface area contributed by atoms with Gasteiger partial charge in [0.1, 0.15) is 5.78 Å². The number of hydrogen-bond acceptors (Lipinski definition) is 1. The zero-order valence-electron chi connectivity index (χ0n) is 7.34. The van der Waals surface area contributed by atoms with Gasteiger partial charge in [-0.1, -0.05) is 26.0 Å². The fourth-order valence-electron chi connectivity index (χ4n) is 1.39. The third kappa shape index (κ3) is 2.87. The number of rotatable bonds is 2. The summed E-state index contributed by atoms with van der Waals surface area (Å²) in [6.07, 6.45) is 7.05. The Balaban J connectivity index is 2.33. The van der Waals surface area contributed by atoms with E-state index < -0.39 is 0 Å². The average Bonchev–Trinajstić information content (AvgIpc) is 2.31. The van der Waals surface area contributed by atoms with Crippen LogP contribution in [0.3, 0.4) is 0 Å². The zero-order chi connectivity index (χ0) is 8.27. The second-order valence-corrected chi connectivity index (χ2v) is 3.67. The predicted molar refractivity (Wildman–Crippen MR) is 46.3 cm³/mol. The van der Waals surface area contributed by atoms with Crippen molar-refractivity contribution < 1.29 is 4.79 Å². The van der Waals surface area contributed by atoms with E-state index in [2.05, 4.69) is 26.0 Å². The van der Waals surface area contributed by atoms with Crippen LogP contribution in [0.5, 0.6) is 0 Å². The van der Waals surface area contributed by atoms with Crippen LogP contribution in [-0.2, 0) is 4.79 Å². The molecule has 0 aromatic rings. The summed E-state index contributed by atoms with van der Waals surface area (Å²) in [7, 11) is 0. The number of hydrogen-bond donors (Lipinski definition) is 0. The third-order valence-electron chi connectivity index (χ3n) is 2.05. The maximum absolute atomic E-state index is 10.9. The van der Waals surface area contributed by atoms with E-state index in [4.69, 9.17) is 0 Å². The molecule has 1 saturated carbocycles. The van der Waals surface area contributed by atoms with Crippen LogP contribution in [0, 0.1) is 11.8 Å². The van der Waals surface area contributed by atoms with Crippen LogP contribution in [0.1, 0.15) is 33.1 Å². The van der Waals surface area contributed by atoms with Gasteiger partial charge in [0.05, 0.1) is 0 Å². The number of carbonyl (C=O) groups excluding carboxylic acids is 1. The highest BCUT2D eigenvalue weighted by Crippen LogP contribution is 2.23. The summed E-state index contributed by atoms with van der Waals surface area (Å²) in [5.74, 6) is 1.60. The van der Waals surface area contributed by atoms with Gasteiger partial charge in [-0.3, -0.25) is 4.79 Å². The molecule has 0 amide bonds. The molecule has 0 aromatic carbocycles. The summed E-state index contributed by atoms with van der Waals surface area (Å²) in [4.78, 5) is 10.9. The Labute approximate surface area is 68.5 Å². The van der Waals surface area contributed by atoms with Gasteiger partial charge >= 0.3 is 0 Å². The summed E-state index contributed by atoms with van der Waals surface area (Å²) in [6, 6.07) is 0. The van der Waals surface area contributed by atoms with E-state index in [0.717, 1.165) is 19.3 Å². The van der Waals surface area contributed by atoms with Crippen molar-refractivity contribution in [2.24, 2.45) is 11.8 Å². The molecule has 1 fully saturated rings. The van der Waals surface area contributed by atoms with Gasteiger partial charge in [-0.15, -0.1) is 0 Å². The monoisotopic (exact) mass is 152 g/mol. The Morgan fingerprint density at radius 1 is 1.55 bits per heavy atom. The lowest BCUT2D eigenvalue weighted by atomic mass is 10.1. The number of ketones is 1. The Morgan fingerprint density at radius 3 is 2.73 bits per heavy atom. The molecular weight excluding hydrogens is 136 g/mol. The summed E-state index contributed by atoms with van der Waals surface area (Å²) in [5, 5.41) is 0. The molecule has 1 aliphatic carbocycles. The molecular formula is C10H16O. The lowest BCUT2D eigenvalue weighted by Crippen LogP contribution is -1.91. The van der Waals surface area contributed by atoms with Gasteiger partial charge < -0.3 is 0 Å². The van der Waals surface area contributed by atoms with Gasteiger partial charge in [0, 0.05) is 12.8 Å². The van der Waals surface area contributed by atoms with Crippen molar-refractivity contribution in [1.82, 2.24) is 0 Å². The molecule has 1 heteroatoms. The largest absolute Gasteiger partial charge is 0.300 e. The van der Waals surface area contributed by atoms with Crippen LogP contribution < -0.4 is 0 Å². The summed E-state index contributed by atoms with van der Waals surface area (Å²) >= 11 is 0. The fraction of sp³-hybridized carbons (Fsp3) is 0.700. The maximum Gasteiger partial charge on any atom is 0.133 e. The first-order valence-corrected chi connectivity index (χ1v) is 4.38. The van der Waals surface area contributed by atoms with Crippen molar-refractivity contribution >= 4 is 5.78 Å². The lowest BCUT2D eigenvalue weighted by Gasteiger charge is -2.00. The van der Waals surface area contributed by atoms with E-state index >= 15 is 0 Å². The van der Waals surface area contributed by atoms with Crippen LogP contribution in [0.4, 0.5) is 0 Å². The van der Waals surface area contributed by atoms with Crippen LogP contribution in [-0.4, -0.2) is 5.78 Å². The molecule has 62 valence electrons. The maximum atomic E-state index is 10.9. The zero-order valence-corrected chi connectivity index (χ0v) is 7.34. The molecule has 1 aliphatic rings. The van der Waals surface area contributed by atoms with Crippen molar-refractivity contribution in [1.29, 1.82) is 0 Å². The summed E-state index contributed by atoms with van der Waals surface area (Å²) in [5.41, 5.74) is 0. The Kier molecular flexibility index (Phi) is 2.86. The van der Waals surface area contributed by atoms with Crippen LogP contribution >= 0.6 is 0 Å². The molecule has 0 aliphatic heterocycles. The molecule has 0 aromatic heterocycles. The standard InChI is InChI=1S/C10H16O/c1-8(2)3-4-9-5-6-10(11)7-9/h3-4,8-9H,5-7H2,1-2H3. The first-order valence-electron chi connectivity index (χ1n) is 4.38. The van der Waals surface area contributed by atoms with Crippen molar-refractivity contribution in [3.05, 3.63) is 12.2 Å². The van der Waals surface area contributed by atoms with E-state index in [1.54, 1.807) is 0 Å². The van der Waals surface area contributed by atoms with Gasteiger partial charge in [-0.05, 0) is 18.3 Å². The van der Waals surface area contributed by atoms with Crippen LogP contribution in [0.2, 0.25) is 0 Å².